The lowest BCUT2D eigenvalue weighted by Crippen LogP contribution is -2.44. The van der Waals surface area contributed by atoms with Gasteiger partial charge in [-0.1, -0.05) is 6.07 Å². The monoisotopic (exact) mass is 485 g/mol. The summed E-state index contributed by atoms with van der Waals surface area (Å²) in [5.74, 6) is 1.87. The average Bonchev–Trinajstić information content (AvgIpc) is 3.65. The minimum Gasteiger partial charge on any atom is -0.379 e. The van der Waals surface area contributed by atoms with Crippen LogP contribution in [-0.2, 0) is 4.74 Å². The van der Waals surface area contributed by atoms with Gasteiger partial charge in [-0.2, -0.15) is 0 Å². The smallest absolute Gasteiger partial charge is 0.257 e. The molecule has 1 aliphatic heterocycles. The van der Waals surface area contributed by atoms with Crippen LogP contribution in [0.4, 0.5) is 5.69 Å². The van der Waals surface area contributed by atoms with Crippen molar-refractivity contribution in [3.05, 3.63) is 71.4 Å². The fraction of sp³-hybridized carbons (Fsp3) is 0.483. The Kier molecular flexibility index (Phi) is 6.59. The van der Waals surface area contributed by atoms with E-state index in [0.717, 1.165) is 43.4 Å². The van der Waals surface area contributed by atoms with Crippen molar-refractivity contribution in [2.45, 2.75) is 63.3 Å². The number of ether oxygens (including phenoxy) is 1. The molecule has 3 aromatic heterocycles. The van der Waals surface area contributed by atoms with Crippen molar-refractivity contribution < 1.29 is 9.53 Å². The number of aryl methyl sites for hydroxylation is 1. The zero-order valence-electron chi connectivity index (χ0n) is 21.0. The van der Waals surface area contributed by atoms with Gasteiger partial charge in [-0.15, -0.1) is 0 Å². The Labute approximate surface area is 212 Å². The van der Waals surface area contributed by atoms with Gasteiger partial charge in [-0.25, -0.2) is 4.98 Å². The molecule has 1 amide bonds. The molecule has 1 saturated heterocycles. The molecule has 2 aliphatic carbocycles. The van der Waals surface area contributed by atoms with E-state index in [1.54, 1.807) is 0 Å². The van der Waals surface area contributed by atoms with Gasteiger partial charge in [-0.3, -0.25) is 14.7 Å². The fourth-order valence-electron chi connectivity index (χ4n) is 5.82. The third kappa shape index (κ3) is 5.08. The van der Waals surface area contributed by atoms with Gasteiger partial charge in [0.2, 0.25) is 0 Å². The van der Waals surface area contributed by atoms with Crippen LogP contribution in [0, 0.1) is 6.92 Å². The summed E-state index contributed by atoms with van der Waals surface area (Å²) in [4.78, 5) is 24.9. The van der Waals surface area contributed by atoms with Gasteiger partial charge in [-0.05, 0) is 80.7 Å². The van der Waals surface area contributed by atoms with E-state index in [4.69, 9.17) is 9.72 Å². The Balaban J connectivity index is 1.06. The lowest BCUT2D eigenvalue weighted by atomic mass is 9.82. The van der Waals surface area contributed by atoms with Crippen molar-refractivity contribution in [3.8, 4) is 5.82 Å². The third-order valence-corrected chi connectivity index (χ3v) is 8.06. The first kappa shape index (κ1) is 23.4. The van der Waals surface area contributed by atoms with Crippen LogP contribution in [-0.4, -0.2) is 57.7 Å². The number of carbonyl (C=O) groups excluding carboxylic acids is 1. The molecule has 3 fully saturated rings. The normalized spacial score (nSPS) is 22.9. The van der Waals surface area contributed by atoms with Gasteiger partial charge >= 0.3 is 0 Å². The predicted molar refractivity (Wildman–Crippen MR) is 140 cm³/mol. The number of nitrogens with one attached hydrogen (secondary N) is 1. The van der Waals surface area contributed by atoms with Crippen LogP contribution in [0.25, 0.3) is 5.82 Å². The van der Waals surface area contributed by atoms with Crippen molar-refractivity contribution in [2.24, 2.45) is 0 Å². The molecule has 2 saturated carbocycles. The van der Waals surface area contributed by atoms with Gasteiger partial charge < -0.3 is 14.6 Å². The molecule has 6 rings (SSSR count). The zero-order chi connectivity index (χ0) is 24.5. The van der Waals surface area contributed by atoms with E-state index in [-0.39, 0.29) is 5.91 Å². The molecule has 1 N–H and O–H groups in total. The maximum absolute atomic E-state index is 12.9. The molecule has 7 nitrogen and oxygen atoms in total. The molecule has 188 valence electrons. The minimum atomic E-state index is -0.136. The standard InChI is InChI=1S/C29H35N5O2/c1-20-16-25(18-31-28(20)22-4-7-26(8-5-22)33-12-14-36-15-13-33)32-29(35)24-10-11-34(19-24)27-9-6-23(17-30-27)21-2-3-21/h6,9-11,16-19,21-22,26H,2-5,7-8,12-15H2,1H3,(H,32,35). The molecular formula is C29H35N5O2. The second-order valence-electron chi connectivity index (χ2n) is 10.6. The molecule has 0 atom stereocenters. The number of nitrogens with zero attached hydrogens (tertiary/aromatic N) is 4. The number of anilines is 1. The van der Waals surface area contributed by atoms with Gasteiger partial charge in [0, 0.05) is 49.3 Å². The average molecular weight is 486 g/mol. The number of pyridine rings is 2. The van der Waals surface area contributed by atoms with Crippen LogP contribution in [0.15, 0.2) is 49.1 Å². The quantitative estimate of drug-likeness (QED) is 0.528. The van der Waals surface area contributed by atoms with Crippen LogP contribution in [0.5, 0.6) is 0 Å². The van der Waals surface area contributed by atoms with Crippen LogP contribution < -0.4 is 5.32 Å². The predicted octanol–water partition coefficient (Wildman–Crippen LogP) is 5.06. The first-order valence-corrected chi connectivity index (χ1v) is 13.4. The largest absolute Gasteiger partial charge is 0.379 e. The zero-order valence-corrected chi connectivity index (χ0v) is 21.0. The van der Waals surface area contributed by atoms with Crippen LogP contribution >= 0.6 is 0 Å². The highest BCUT2D eigenvalue weighted by Gasteiger charge is 2.29. The summed E-state index contributed by atoms with van der Waals surface area (Å²) in [7, 11) is 0. The summed E-state index contributed by atoms with van der Waals surface area (Å²) in [6.07, 6.45) is 14.8. The molecule has 7 heteroatoms. The molecule has 4 heterocycles. The van der Waals surface area contributed by atoms with Crippen molar-refractivity contribution in [3.63, 3.8) is 0 Å². The molecule has 0 aromatic carbocycles. The topological polar surface area (TPSA) is 72.3 Å². The molecule has 3 aromatic rings. The minimum absolute atomic E-state index is 0.136. The number of rotatable bonds is 6. The van der Waals surface area contributed by atoms with Crippen molar-refractivity contribution in [1.29, 1.82) is 0 Å². The number of aromatic nitrogens is 3. The Morgan fingerprint density at radius 3 is 2.44 bits per heavy atom. The lowest BCUT2D eigenvalue weighted by Gasteiger charge is -2.38. The molecular weight excluding hydrogens is 450 g/mol. The van der Waals surface area contributed by atoms with Gasteiger partial charge in [0.05, 0.1) is 30.7 Å². The van der Waals surface area contributed by atoms with E-state index in [2.05, 4.69) is 34.3 Å². The third-order valence-electron chi connectivity index (χ3n) is 8.06. The molecule has 0 bridgehead atoms. The fourth-order valence-corrected chi connectivity index (χ4v) is 5.82. The van der Waals surface area contributed by atoms with E-state index < -0.39 is 0 Å². The molecule has 0 spiro atoms. The van der Waals surface area contributed by atoms with Gasteiger partial charge in [0.1, 0.15) is 5.82 Å². The highest BCUT2D eigenvalue weighted by molar-refractivity contribution is 6.04. The van der Waals surface area contributed by atoms with E-state index in [1.165, 1.54) is 49.8 Å². The maximum atomic E-state index is 12.9. The van der Waals surface area contributed by atoms with E-state index >= 15 is 0 Å². The molecule has 0 unspecified atom stereocenters. The number of morpholine rings is 1. The lowest BCUT2D eigenvalue weighted by molar-refractivity contribution is 0.00720. The van der Waals surface area contributed by atoms with Crippen molar-refractivity contribution in [1.82, 2.24) is 19.4 Å². The second-order valence-corrected chi connectivity index (χ2v) is 10.6. The SMILES string of the molecule is Cc1cc(NC(=O)c2ccn(-c3ccc(C4CC4)cn3)c2)cnc1C1CCC(N2CCOCC2)CC1. The summed E-state index contributed by atoms with van der Waals surface area (Å²) < 4.78 is 7.41. The number of carbonyl (C=O) groups is 1. The summed E-state index contributed by atoms with van der Waals surface area (Å²) in [6, 6.07) is 8.74. The first-order chi connectivity index (χ1) is 17.6. The van der Waals surface area contributed by atoms with E-state index in [1.807, 2.05) is 41.5 Å². The molecule has 36 heavy (non-hydrogen) atoms. The number of hydrogen-bond acceptors (Lipinski definition) is 5. The summed E-state index contributed by atoms with van der Waals surface area (Å²) in [5, 5.41) is 3.02. The van der Waals surface area contributed by atoms with Crippen molar-refractivity contribution in [2.75, 3.05) is 31.6 Å². The Bertz CT molecular complexity index is 1200. The van der Waals surface area contributed by atoms with E-state index in [0.29, 0.717) is 23.4 Å². The summed E-state index contributed by atoms with van der Waals surface area (Å²) in [5.41, 5.74) is 4.98. The van der Waals surface area contributed by atoms with Crippen LogP contribution in [0.3, 0.4) is 0 Å². The number of hydrogen-bond donors (Lipinski definition) is 1. The maximum Gasteiger partial charge on any atom is 0.257 e. The van der Waals surface area contributed by atoms with Crippen molar-refractivity contribution >= 4 is 11.6 Å². The summed E-state index contributed by atoms with van der Waals surface area (Å²) >= 11 is 0. The number of amides is 1. The van der Waals surface area contributed by atoms with Crippen LogP contribution in [0.2, 0.25) is 0 Å². The Morgan fingerprint density at radius 1 is 0.972 bits per heavy atom. The highest BCUT2D eigenvalue weighted by atomic mass is 16.5. The van der Waals surface area contributed by atoms with Gasteiger partial charge in [0.15, 0.2) is 0 Å². The first-order valence-electron chi connectivity index (χ1n) is 13.4. The molecule has 0 radical (unpaired) electrons. The highest BCUT2D eigenvalue weighted by Crippen LogP contribution is 2.39. The van der Waals surface area contributed by atoms with E-state index in [9.17, 15) is 4.79 Å². The second kappa shape index (κ2) is 10.1. The van der Waals surface area contributed by atoms with Gasteiger partial charge in [0.25, 0.3) is 5.91 Å². The summed E-state index contributed by atoms with van der Waals surface area (Å²) in [6.45, 7) is 5.96. The Morgan fingerprint density at radius 2 is 1.75 bits per heavy atom. The van der Waals surface area contributed by atoms with Crippen LogP contribution in [0.1, 0.15) is 77.5 Å². The Hall–Kier alpha value is -3.03. The molecule has 3 aliphatic rings.